The maximum Gasteiger partial charge on any atom is 0.0574 e. The van der Waals surface area contributed by atoms with Crippen molar-refractivity contribution in [3.05, 3.63) is 0 Å². The van der Waals surface area contributed by atoms with Crippen molar-refractivity contribution in [1.29, 1.82) is 0 Å². The molecule has 4 aliphatic carbocycles. The molecular weight excluding hydrogens is 160 g/mol. The number of hydrogen-bond donors (Lipinski definition) is 1. The standard InChI is InChI=1S/C12H18O/c13-9-4-3-8-10-6-1-2-7(5-6)11(10)12(8)9/h6-13H,1-5H2/t6-,7-,8-,9-,10?,11?,12+/m1/s1. The molecule has 0 aliphatic heterocycles. The van der Waals surface area contributed by atoms with Gasteiger partial charge in [-0.2, -0.15) is 0 Å². The van der Waals surface area contributed by atoms with Gasteiger partial charge in [-0.1, -0.05) is 0 Å². The third-order valence-corrected chi connectivity index (χ3v) is 5.72. The summed E-state index contributed by atoms with van der Waals surface area (Å²) < 4.78 is 0. The first kappa shape index (κ1) is 7.28. The van der Waals surface area contributed by atoms with E-state index in [4.69, 9.17) is 0 Å². The number of aliphatic hydroxyl groups excluding tert-OH is 1. The summed E-state index contributed by atoms with van der Waals surface area (Å²) in [5.74, 6) is 5.86. The van der Waals surface area contributed by atoms with Gasteiger partial charge in [0.1, 0.15) is 0 Å². The van der Waals surface area contributed by atoms with E-state index in [0.29, 0.717) is 0 Å². The quantitative estimate of drug-likeness (QED) is 0.602. The van der Waals surface area contributed by atoms with E-state index in [9.17, 15) is 5.11 Å². The molecule has 1 heteroatoms. The number of rotatable bonds is 0. The first-order valence-corrected chi connectivity index (χ1v) is 6.04. The largest absolute Gasteiger partial charge is 0.393 e. The van der Waals surface area contributed by atoms with E-state index in [2.05, 4.69) is 0 Å². The molecule has 0 radical (unpaired) electrons. The number of fused-ring (bicyclic) bond motifs is 8. The molecule has 4 rings (SSSR count). The van der Waals surface area contributed by atoms with Gasteiger partial charge in [-0.3, -0.25) is 0 Å². The van der Waals surface area contributed by atoms with Crippen molar-refractivity contribution in [2.24, 2.45) is 35.5 Å². The molecule has 0 spiro atoms. The van der Waals surface area contributed by atoms with Crippen LogP contribution < -0.4 is 0 Å². The van der Waals surface area contributed by atoms with Crippen LogP contribution in [0.4, 0.5) is 0 Å². The molecule has 0 aromatic rings. The lowest BCUT2D eigenvalue weighted by molar-refractivity contribution is -0.0837. The van der Waals surface area contributed by atoms with Crippen molar-refractivity contribution in [1.82, 2.24) is 0 Å². The molecule has 0 aromatic heterocycles. The Morgan fingerprint density at radius 1 is 0.769 bits per heavy atom. The Morgan fingerprint density at radius 2 is 1.54 bits per heavy atom. The molecule has 1 nitrogen and oxygen atoms in total. The van der Waals surface area contributed by atoms with E-state index in [1.165, 1.54) is 25.7 Å². The summed E-state index contributed by atoms with van der Waals surface area (Å²) in [6.07, 6.45) is 7.07. The van der Waals surface area contributed by atoms with Crippen LogP contribution >= 0.6 is 0 Å². The van der Waals surface area contributed by atoms with Crippen molar-refractivity contribution >= 4 is 0 Å². The Bertz CT molecular complexity index is 244. The van der Waals surface area contributed by atoms with Crippen LogP contribution in [0.5, 0.6) is 0 Å². The molecule has 0 amide bonds. The molecule has 2 bridgehead atoms. The summed E-state index contributed by atoms with van der Waals surface area (Å²) in [6.45, 7) is 0. The summed E-state index contributed by atoms with van der Waals surface area (Å²) in [7, 11) is 0. The van der Waals surface area contributed by atoms with Crippen LogP contribution in [0.2, 0.25) is 0 Å². The van der Waals surface area contributed by atoms with Gasteiger partial charge in [-0.25, -0.2) is 0 Å². The van der Waals surface area contributed by atoms with Crippen molar-refractivity contribution < 1.29 is 5.11 Å². The fourth-order valence-electron chi connectivity index (χ4n) is 5.47. The molecule has 0 saturated heterocycles. The van der Waals surface area contributed by atoms with Crippen molar-refractivity contribution in [3.63, 3.8) is 0 Å². The highest BCUT2D eigenvalue weighted by molar-refractivity contribution is 5.13. The van der Waals surface area contributed by atoms with Crippen LogP contribution in [0.1, 0.15) is 32.1 Å². The van der Waals surface area contributed by atoms with Gasteiger partial charge in [0.2, 0.25) is 0 Å². The van der Waals surface area contributed by atoms with Crippen molar-refractivity contribution in [3.8, 4) is 0 Å². The van der Waals surface area contributed by atoms with Gasteiger partial charge in [0, 0.05) is 0 Å². The monoisotopic (exact) mass is 178 g/mol. The van der Waals surface area contributed by atoms with Crippen LogP contribution in [0.3, 0.4) is 0 Å². The van der Waals surface area contributed by atoms with Crippen LogP contribution in [0, 0.1) is 35.5 Å². The third kappa shape index (κ3) is 0.674. The van der Waals surface area contributed by atoms with Gasteiger partial charge in [0.05, 0.1) is 6.10 Å². The molecule has 0 aromatic carbocycles. The second-order valence-corrected chi connectivity index (χ2v) is 5.87. The van der Waals surface area contributed by atoms with Crippen molar-refractivity contribution in [2.75, 3.05) is 0 Å². The lowest BCUT2D eigenvalue weighted by Gasteiger charge is -2.52. The minimum atomic E-state index is 0.0885. The van der Waals surface area contributed by atoms with E-state index < -0.39 is 0 Å². The SMILES string of the molecule is O[C@@H]1CC[C@@H]2C3C([C@@H]4CC[C@@H]3C4)[C@H]12. The minimum absolute atomic E-state index is 0.0885. The van der Waals surface area contributed by atoms with Crippen LogP contribution in [-0.2, 0) is 0 Å². The van der Waals surface area contributed by atoms with Gasteiger partial charge in [-0.15, -0.1) is 0 Å². The summed E-state index contributed by atoms with van der Waals surface area (Å²) in [4.78, 5) is 0. The Morgan fingerprint density at radius 3 is 2.38 bits per heavy atom. The zero-order chi connectivity index (χ0) is 8.58. The van der Waals surface area contributed by atoms with E-state index in [1.807, 2.05) is 0 Å². The second kappa shape index (κ2) is 2.13. The molecule has 4 fully saturated rings. The van der Waals surface area contributed by atoms with Crippen LogP contribution in [0.25, 0.3) is 0 Å². The van der Waals surface area contributed by atoms with Gasteiger partial charge < -0.3 is 5.11 Å². The van der Waals surface area contributed by atoms with E-state index in [-0.39, 0.29) is 6.10 Å². The second-order valence-electron chi connectivity index (χ2n) is 5.87. The molecule has 4 saturated carbocycles. The predicted octanol–water partition coefficient (Wildman–Crippen LogP) is 2.05. The third-order valence-electron chi connectivity index (χ3n) is 5.72. The Kier molecular flexibility index (Phi) is 1.19. The van der Waals surface area contributed by atoms with Gasteiger partial charge in [-0.05, 0) is 67.6 Å². The fraction of sp³-hybridized carbons (Fsp3) is 1.00. The highest BCUT2D eigenvalue weighted by Gasteiger charge is 2.65. The molecule has 7 atom stereocenters. The lowest BCUT2D eigenvalue weighted by atomic mass is 9.53. The topological polar surface area (TPSA) is 20.2 Å². The number of hydrogen-bond acceptors (Lipinski definition) is 1. The maximum absolute atomic E-state index is 9.89. The van der Waals surface area contributed by atoms with E-state index in [1.54, 1.807) is 0 Å². The molecule has 2 unspecified atom stereocenters. The van der Waals surface area contributed by atoms with Gasteiger partial charge >= 0.3 is 0 Å². The van der Waals surface area contributed by atoms with E-state index in [0.717, 1.165) is 41.9 Å². The summed E-state index contributed by atoms with van der Waals surface area (Å²) in [5.41, 5.74) is 0. The Hall–Kier alpha value is -0.0400. The zero-order valence-electron chi connectivity index (χ0n) is 8.02. The van der Waals surface area contributed by atoms with E-state index >= 15 is 0 Å². The Balaban J connectivity index is 1.69. The molecular formula is C12H18O. The molecule has 13 heavy (non-hydrogen) atoms. The van der Waals surface area contributed by atoms with Crippen LogP contribution in [0.15, 0.2) is 0 Å². The van der Waals surface area contributed by atoms with Gasteiger partial charge in [0.15, 0.2) is 0 Å². The summed E-state index contributed by atoms with van der Waals surface area (Å²) in [6, 6.07) is 0. The average Bonchev–Trinajstić information content (AvgIpc) is 2.66. The first-order valence-electron chi connectivity index (χ1n) is 6.04. The Labute approximate surface area is 79.5 Å². The maximum atomic E-state index is 9.89. The normalized spacial score (nSPS) is 67.6. The zero-order valence-corrected chi connectivity index (χ0v) is 8.02. The highest BCUT2D eigenvalue weighted by atomic mass is 16.3. The average molecular weight is 178 g/mol. The first-order chi connectivity index (χ1) is 6.36. The fourth-order valence-corrected chi connectivity index (χ4v) is 5.47. The van der Waals surface area contributed by atoms with Crippen molar-refractivity contribution in [2.45, 2.75) is 38.2 Å². The van der Waals surface area contributed by atoms with Gasteiger partial charge in [0.25, 0.3) is 0 Å². The molecule has 72 valence electrons. The molecule has 1 N–H and O–H groups in total. The lowest BCUT2D eigenvalue weighted by Crippen LogP contribution is -2.50. The molecule has 0 heterocycles. The predicted molar refractivity (Wildman–Crippen MR) is 50.0 cm³/mol. The molecule has 4 aliphatic rings. The number of aliphatic hydroxyl groups is 1. The highest BCUT2D eigenvalue weighted by Crippen LogP contribution is 2.70. The smallest absolute Gasteiger partial charge is 0.0574 e. The minimum Gasteiger partial charge on any atom is -0.393 e. The van der Waals surface area contributed by atoms with Crippen LogP contribution in [-0.4, -0.2) is 11.2 Å². The summed E-state index contributed by atoms with van der Waals surface area (Å²) in [5, 5.41) is 9.89. The summed E-state index contributed by atoms with van der Waals surface area (Å²) >= 11 is 0.